The van der Waals surface area contributed by atoms with Gasteiger partial charge in [-0.2, -0.15) is 0 Å². The van der Waals surface area contributed by atoms with E-state index in [0.717, 1.165) is 6.42 Å². The van der Waals surface area contributed by atoms with Crippen molar-refractivity contribution in [3.05, 3.63) is 24.0 Å². The van der Waals surface area contributed by atoms with Gasteiger partial charge in [-0.25, -0.2) is 4.39 Å². The Bertz CT molecular complexity index is 601. The number of hydrogen-bond acceptors (Lipinski definition) is 3. The van der Waals surface area contributed by atoms with Gasteiger partial charge in [0, 0.05) is 18.4 Å². The largest absolute Gasteiger partial charge is 0.497 e. The number of para-hydroxylation sites is 1. The lowest BCUT2D eigenvalue weighted by Gasteiger charge is -2.32. The standard InChI is InChI=1S/C16H21BFNO3/c1-15(2)16(3,4)22-17(21-15)11-7-5-8-12(18)14(11)19-10-6-9-13(19)20/h5,7-8H,6,9-10H2,1-4H3. The molecule has 22 heavy (non-hydrogen) atoms. The van der Waals surface area contributed by atoms with Gasteiger partial charge in [0.25, 0.3) is 0 Å². The second-order valence-corrected chi connectivity index (χ2v) is 6.91. The van der Waals surface area contributed by atoms with Crippen molar-refractivity contribution < 1.29 is 18.5 Å². The van der Waals surface area contributed by atoms with Crippen molar-refractivity contribution in [2.45, 2.75) is 51.7 Å². The second-order valence-electron chi connectivity index (χ2n) is 6.91. The van der Waals surface area contributed by atoms with E-state index in [4.69, 9.17) is 9.31 Å². The molecule has 0 N–H and O–H groups in total. The number of carbonyl (C=O) groups is 1. The number of rotatable bonds is 2. The maximum absolute atomic E-state index is 14.4. The fourth-order valence-electron chi connectivity index (χ4n) is 2.86. The number of carbonyl (C=O) groups excluding carboxylic acids is 1. The lowest BCUT2D eigenvalue weighted by Crippen LogP contribution is -2.41. The first-order chi connectivity index (χ1) is 10.2. The van der Waals surface area contributed by atoms with Crippen LogP contribution in [0.15, 0.2) is 18.2 Å². The predicted molar refractivity (Wildman–Crippen MR) is 83.7 cm³/mol. The topological polar surface area (TPSA) is 38.8 Å². The first-order valence-corrected chi connectivity index (χ1v) is 7.67. The van der Waals surface area contributed by atoms with E-state index in [1.54, 1.807) is 12.1 Å². The fraction of sp³-hybridized carbons (Fsp3) is 0.562. The monoisotopic (exact) mass is 305 g/mol. The highest BCUT2D eigenvalue weighted by atomic mass is 19.1. The third-order valence-corrected chi connectivity index (χ3v) is 4.87. The Morgan fingerprint density at radius 1 is 1.18 bits per heavy atom. The van der Waals surface area contributed by atoms with Crippen LogP contribution in [0.3, 0.4) is 0 Å². The van der Waals surface area contributed by atoms with Gasteiger partial charge in [0.2, 0.25) is 5.91 Å². The molecular weight excluding hydrogens is 284 g/mol. The summed E-state index contributed by atoms with van der Waals surface area (Å²) < 4.78 is 26.4. The van der Waals surface area contributed by atoms with Crippen LogP contribution in [0.4, 0.5) is 10.1 Å². The van der Waals surface area contributed by atoms with Crippen molar-refractivity contribution in [3.63, 3.8) is 0 Å². The lowest BCUT2D eigenvalue weighted by molar-refractivity contribution is -0.117. The third-order valence-electron chi connectivity index (χ3n) is 4.87. The Morgan fingerprint density at radius 3 is 2.36 bits per heavy atom. The molecule has 2 aliphatic rings. The zero-order chi connectivity index (χ0) is 16.1. The molecule has 0 aliphatic carbocycles. The van der Waals surface area contributed by atoms with Crippen LogP contribution < -0.4 is 10.4 Å². The number of hydrogen-bond donors (Lipinski definition) is 0. The molecule has 1 aromatic rings. The number of amides is 1. The molecule has 2 saturated heterocycles. The highest BCUT2D eigenvalue weighted by Crippen LogP contribution is 2.37. The number of nitrogens with zero attached hydrogens (tertiary/aromatic N) is 1. The molecule has 0 saturated carbocycles. The highest BCUT2D eigenvalue weighted by molar-refractivity contribution is 6.64. The maximum atomic E-state index is 14.4. The van der Waals surface area contributed by atoms with Gasteiger partial charge < -0.3 is 14.2 Å². The summed E-state index contributed by atoms with van der Waals surface area (Å²) in [4.78, 5) is 13.5. The third kappa shape index (κ3) is 2.34. The molecule has 0 atom stereocenters. The molecule has 2 aliphatic heterocycles. The summed E-state index contributed by atoms with van der Waals surface area (Å²) in [6, 6.07) is 4.77. The lowest BCUT2D eigenvalue weighted by atomic mass is 9.77. The van der Waals surface area contributed by atoms with Crippen molar-refractivity contribution in [2.24, 2.45) is 0 Å². The van der Waals surface area contributed by atoms with E-state index in [1.807, 2.05) is 27.7 Å². The summed E-state index contributed by atoms with van der Waals surface area (Å²) in [6.07, 6.45) is 1.20. The van der Waals surface area contributed by atoms with Gasteiger partial charge in [0.15, 0.2) is 0 Å². The Hall–Kier alpha value is -1.40. The summed E-state index contributed by atoms with van der Waals surface area (Å²) in [6.45, 7) is 8.34. The minimum absolute atomic E-state index is 0.0529. The molecule has 0 unspecified atom stereocenters. The van der Waals surface area contributed by atoms with E-state index in [-0.39, 0.29) is 5.91 Å². The minimum Gasteiger partial charge on any atom is -0.399 e. The predicted octanol–water partition coefficient (Wildman–Crippen LogP) is 2.25. The van der Waals surface area contributed by atoms with E-state index in [0.29, 0.717) is 24.1 Å². The van der Waals surface area contributed by atoms with Crippen molar-refractivity contribution in [1.82, 2.24) is 0 Å². The molecule has 4 nitrogen and oxygen atoms in total. The smallest absolute Gasteiger partial charge is 0.399 e. The van der Waals surface area contributed by atoms with Crippen molar-refractivity contribution in [3.8, 4) is 0 Å². The number of halogens is 1. The molecule has 0 radical (unpaired) electrons. The van der Waals surface area contributed by atoms with Crippen LogP contribution in [0.5, 0.6) is 0 Å². The average Bonchev–Trinajstić information content (AvgIpc) is 2.91. The summed E-state index contributed by atoms with van der Waals surface area (Å²) >= 11 is 0. The number of benzene rings is 1. The molecule has 6 heteroatoms. The van der Waals surface area contributed by atoms with E-state index in [2.05, 4.69) is 0 Å². The van der Waals surface area contributed by atoms with Crippen LogP contribution in [0.25, 0.3) is 0 Å². The van der Waals surface area contributed by atoms with Crippen LogP contribution in [0.1, 0.15) is 40.5 Å². The zero-order valence-electron chi connectivity index (χ0n) is 13.5. The average molecular weight is 305 g/mol. The molecular formula is C16H21BFNO3. The van der Waals surface area contributed by atoms with Gasteiger partial charge in [0.05, 0.1) is 16.9 Å². The van der Waals surface area contributed by atoms with Crippen LogP contribution in [0.2, 0.25) is 0 Å². The molecule has 0 aromatic heterocycles. The number of anilines is 1. The van der Waals surface area contributed by atoms with Crippen molar-refractivity contribution >= 4 is 24.2 Å². The first kappa shape index (κ1) is 15.5. The van der Waals surface area contributed by atoms with Crippen LogP contribution >= 0.6 is 0 Å². The normalized spacial score (nSPS) is 23.4. The maximum Gasteiger partial charge on any atom is 0.497 e. The Labute approximate surface area is 130 Å². The minimum atomic E-state index is -0.677. The SMILES string of the molecule is CC1(C)OB(c2cccc(F)c2N2CCCC2=O)OC1(C)C. The van der Waals surface area contributed by atoms with Gasteiger partial charge in [-0.15, -0.1) is 0 Å². The summed E-state index contributed by atoms with van der Waals surface area (Å²) in [5.74, 6) is -0.467. The van der Waals surface area contributed by atoms with E-state index in [1.165, 1.54) is 11.0 Å². The van der Waals surface area contributed by atoms with Crippen LogP contribution in [0, 0.1) is 5.82 Å². The second kappa shape index (κ2) is 5.06. The van der Waals surface area contributed by atoms with Gasteiger partial charge >= 0.3 is 7.12 Å². The Balaban J connectivity index is 2.02. The quantitative estimate of drug-likeness (QED) is 0.787. The summed E-state index contributed by atoms with van der Waals surface area (Å²) in [5, 5.41) is 0. The van der Waals surface area contributed by atoms with Crippen LogP contribution in [-0.2, 0) is 14.1 Å². The van der Waals surface area contributed by atoms with Crippen LogP contribution in [-0.4, -0.2) is 30.8 Å². The molecule has 3 rings (SSSR count). The summed E-state index contributed by atoms with van der Waals surface area (Å²) in [5.41, 5.74) is -0.135. The van der Waals surface area contributed by atoms with Gasteiger partial charge in [-0.1, -0.05) is 12.1 Å². The van der Waals surface area contributed by atoms with E-state index >= 15 is 0 Å². The molecule has 0 bridgehead atoms. The fourth-order valence-corrected chi connectivity index (χ4v) is 2.86. The summed E-state index contributed by atoms with van der Waals surface area (Å²) in [7, 11) is -0.677. The molecule has 1 aromatic carbocycles. The first-order valence-electron chi connectivity index (χ1n) is 7.67. The Kier molecular flexibility index (Phi) is 3.57. The van der Waals surface area contributed by atoms with E-state index in [9.17, 15) is 9.18 Å². The van der Waals surface area contributed by atoms with E-state index < -0.39 is 24.1 Å². The zero-order valence-corrected chi connectivity index (χ0v) is 13.5. The molecule has 2 fully saturated rings. The van der Waals surface area contributed by atoms with Crippen molar-refractivity contribution in [2.75, 3.05) is 11.4 Å². The van der Waals surface area contributed by atoms with Gasteiger partial charge in [0.1, 0.15) is 5.82 Å². The van der Waals surface area contributed by atoms with Gasteiger partial charge in [-0.05, 0) is 40.2 Å². The molecule has 2 heterocycles. The van der Waals surface area contributed by atoms with Crippen molar-refractivity contribution in [1.29, 1.82) is 0 Å². The highest BCUT2D eigenvalue weighted by Gasteiger charge is 2.52. The van der Waals surface area contributed by atoms with Gasteiger partial charge in [-0.3, -0.25) is 4.79 Å². The Morgan fingerprint density at radius 2 is 1.82 bits per heavy atom. The molecule has 1 amide bonds. The molecule has 118 valence electrons. The molecule has 0 spiro atoms.